The van der Waals surface area contributed by atoms with Crippen molar-refractivity contribution in [2.24, 2.45) is 17.8 Å². The minimum absolute atomic E-state index is 0.000460. The quantitative estimate of drug-likeness (QED) is 0.866. The molecule has 6 heteroatoms. The zero-order valence-electron chi connectivity index (χ0n) is 13.9. The summed E-state index contributed by atoms with van der Waals surface area (Å²) in [7, 11) is 0. The lowest BCUT2D eigenvalue weighted by Gasteiger charge is -2.32. The third-order valence-electron chi connectivity index (χ3n) is 5.46. The van der Waals surface area contributed by atoms with Crippen molar-refractivity contribution < 1.29 is 9.21 Å². The van der Waals surface area contributed by atoms with E-state index < -0.39 is 0 Å². The van der Waals surface area contributed by atoms with Crippen LogP contribution in [0.4, 0.5) is 0 Å². The van der Waals surface area contributed by atoms with Gasteiger partial charge in [-0.05, 0) is 37.0 Å². The van der Waals surface area contributed by atoms with Gasteiger partial charge >= 0.3 is 0 Å². The van der Waals surface area contributed by atoms with Crippen LogP contribution >= 0.6 is 0 Å². The second-order valence-corrected chi connectivity index (χ2v) is 6.98. The van der Waals surface area contributed by atoms with Crippen LogP contribution in [0.3, 0.4) is 0 Å². The number of hydrogen-bond acceptors (Lipinski definition) is 5. The monoisotopic (exact) mass is 326 g/mol. The van der Waals surface area contributed by atoms with Gasteiger partial charge in [-0.3, -0.25) is 14.8 Å². The first-order chi connectivity index (χ1) is 11.7. The van der Waals surface area contributed by atoms with E-state index in [9.17, 15) is 4.79 Å². The lowest BCUT2D eigenvalue weighted by atomic mass is 9.72. The topological polar surface area (TPSA) is 72.1 Å². The number of hydrogen-bond donors (Lipinski definition) is 0. The highest BCUT2D eigenvalue weighted by Crippen LogP contribution is 2.41. The standard InChI is InChI=1S/C18H22N4O2/c1-12-21-17(11-24-12)18(23)22-9-14-4-2-3-13(16(14)10-22)7-15-8-19-5-6-20-15/h5-6,8,11,13-14,16H,2-4,7,9-10H2,1H3/t13-,14-,16-/m1/s1. The van der Waals surface area contributed by atoms with Crippen LogP contribution < -0.4 is 0 Å². The van der Waals surface area contributed by atoms with E-state index in [0.29, 0.717) is 29.3 Å². The van der Waals surface area contributed by atoms with Crippen molar-refractivity contribution in [3.8, 4) is 0 Å². The van der Waals surface area contributed by atoms with Gasteiger partial charge < -0.3 is 9.32 Å². The van der Waals surface area contributed by atoms with Crippen LogP contribution in [-0.4, -0.2) is 38.8 Å². The van der Waals surface area contributed by atoms with Crippen molar-refractivity contribution in [3.63, 3.8) is 0 Å². The van der Waals surface area contributed by atoms with Gasteiger partial charge in [0.25, 0.3) is 5.91 Å². The smallest absolute Gasteiger partial charge is 0.275 e. The molecule has 1 amide bonds. The molecule has 24 heavy (non-hydrogen) atoms. The van der Waals surface area contributed by atoms with Crippen LogP contribution in [0.15, 0.2) is 29.3 Å². The Balaban J connectivity index is 1.47. The molecule has 3 heterocycles. The average Bonchev–Trinajstić information content (AvgIpc) is 3.22. The van der Waals surface area contributed by atoms with Gasteiger partial charge in [-0.15, -0.1) is 0 Å². The summed E-state index contributed by atoms with van der Waals surface area (Å²) in [6.45, 7) is 3.42. The Bertz CT molecular complexity index is 715. The maximum absolute atomic E-state index is 12.6. The molecule has 3 atom stereocenters. The Kier molecular flexibility index (Phi) is 4.04. The minimum Gasteiger partial charge on any atom is -0.448 e. The van der Waals surface area contributed by atoms with E-state index in [-0.39, 0.29) is 5.91 Å². The number of nitrogens with zero attached hydrogens (tertiary/aromatic N) is 4. The van der Waals surface area contributed by atoms with E-state index in [1.807, 2.05) is 11.1 Å². The SMILES string of the molecule is Cc1nc(C(=O)N2C[C@H]3CCC[C@H](Cc4cnccn4)[C@H]3C2)co1. The lowest BCUT2D eigenvalue weighted by molar-refractivity contribution is 0.0775. The number of oxazole rings is 1. The summed E-state index contributed by atoms with van der Waals surface area (Å²) in [5.74, 6) is 2.27. The molecule has 0 spiro atoms. The fourth-order valence-corrected chi connectivity index (χ4v) is 4.34. The van der Waals surface area contributed by atoms with Crippen molar-refractivity contribution in [1.82, 2.24) is 19.9 Å². The minimum atomic E-state index is -0.000460. The number of rotatable bonds is 3. The predicted molar refractivity (Wildman–Crippen MR) is 87.2 cm³/mol. The Labute approximate surface area is 141 Å². The van der Waals surface area contributed by atoms with Crippen molar-refractivity contribution in [2.45, 2.75) is 32.6 Å². The number of amides is 1. The van der Waals surface area contributed by atoms with Crippen LogP contribution in [0, 0.1) is 24.7 Å². The molecule has 0 aromatic carbocycles. The zero-order valence-corrected chi connectivity index (χ0v) is 13.9. The first-order valence-corrected chi connectivity index (χ1v) is 8.67. The number of aromatic nitrogens is 3. The van der Waals surface area contributed by atoms with Crippen LogP contribution in [0.5, 0.6) is 0 Å². The highest BCUT2D eigenvalue weighted by molar-refractivity contribution is 5.92. The van der Waals surface area contributed by atoms with E-state index in [0.717, 1.165) is 25.2 Å². The lowest BCUT2D eigenvalue weighted by Crippen LogP contribution is -2.31. The van der Waals surface area contributed by atoms with Crippen LogP contribution in [0.25, 0.3) is 0 Å². The van der Waals surface area contributed by atoms with Crippen molar-refractivity contribution in [3.05, 3.63) is 42.1 Å². The molecule has 1 saturated carbocycles. The van der Waals surface area contributed by atoms with Gasteiger partial charge in [-0.2, -0.15) is 0 Å². The molecule has 0 bridgehead atoms. The Morgan fingerprint density at radius 2 is 2.25 bits per heavy atom. The molecular weight excluding hydrogens is 304 g/mol. The summed E-state index contributed by atoms with van der Waals surface area (Å²) in [6.07, 6.45) is 11.4. The molecule has 6 nitrogen and oxygen atoms in total. The van der Waals surface area contributed by atoms with Gasteiger partial charge in [0.2, 0.25) is 0 Å². The zero-order chi connectivity index (χ0) is 16.5. The summed E-state index contributed by atoms with van der Waals surface area (Å²) < 4.78 is 5.19. The molecule has 0 unspecified atom stereocenters. The number of carbonyl (C=O) groups excluding carboxylic acids is 1. The van der Waals surface area contributed by atoms with Crippen molar-refractivity contribution in [1.29, 1.82) is 0 Å². The summed E-state index contributed by atoms with van der Waals surface area (Å²) in [5.41, 5.74) is 1.48. The first-order valence-electron chi connectivity index (χ1n) is 8.67. The Morgan fingerprint density at radius 1 is 1.33 bits per heavy atom. The summed E-state index contributed by atoms with van der Waals surface area (Å²) in [5, 5.41) is 0. The van der Waals surface area contributed by atoms with Gasteiger partial charge in [-0.25, -0.2) is 4.98 Å². The second-order valence-electron chi connectivity index (χ2n) is 6.98. The van der Waals surface area contributed by atoms with Gasteiger partial charge in [0.15, 0.2) is 11.6 Å². The summed E-state index contributed by atoms with van der Waals surface area (Å²) >= 11 is 0. The third kappa shape index (κ3) is 2.92. The molecule has 2 aromatic rings. The molecule has 1 saturated heterocycles. The number of likely N-dealkylation sites (tertiary alicyclic amines) is 1. The molecule has 2 aromatic heterocycles. The predicted octanol–water partition coefficient (Wildman–Crippen LogP) is 2.50. The Hall–Kier alpha value is -2.24. The van der Waals surface area contributed by atoms with Gasteiger partial charge in [0.1, 0.15) is 6.26 Å². The summed E-state index contributed by atoms with van der Waals surface area (Å²) in [6, 6.07) is 0. The molecule has 1 aliphatic carbocycles. The normalized spacial score (nSPS) is 26.4. The molecule has 1 aliphatic heterocycles. The molecule has 0 N–H and O–H groups in total. The van der Waals surface area contributed by atoms with Crippen LogP contribution in [0.1, 0.15) is 41.3 Å². The van der Waals surface area contributed by atoms with E-state index >= 15 is 0 Å². The highest BCUT2D eigenvalue weighted by Gasteiger charge is 2.42. The highest BCUT2D eigenvalue weighted by atomic mass is 16.3. The molecule has 0 radical (unpaired) electrons. The third-order valence-corrected chi connectivity index (χ3v) is 5.46. The van der Waals surface area contributed by atoms with E-state index in [1.165, 1.54) is 25.5 Å². The summed E-state index contributed by atoms with van der Waals surface area (Å²) in [4.78, 5) is 27.4. The molecule has 2 aliphatic rings. The van der Waals surface area contributed by atoms with Gasteiger partial charge in [0, 0.05) is 38.6 Å². The number of fused-ring (bicyclic) bond motifs is 1. The molecule has 126 valence electrons. The van der Waals surface area contributed by atoms with Gasteiger partial charge in [-0.1, -0.05) is 6.42 Å². The van der Waals surface area contributed by atoms with E-state index in [2.05, 4.69) is 15.0 Å². The maximum Gasteiger partial charge on any atom is 0.275 e. The number of carbonyl (C=O) groups is 1. The van der Waals surface area contributed by atoms with Crippen molar-refractivity contribution >= 4 is 5.91 Å². The first kappa shape index (κ1) is 15.3. The van der Waals surface area contributed by atoms with Crippen LogP contribution in [-0.2, 0) is 6.42 Å². The fourth-order valence-electron chi connectivity index (χ4n) is 4.34. The Morgan fingerprint density at radius 3 is 3.00 bits per heavy atom. The fraction of sp³-hybridized carbons (Fsp3) is 0.556. The van der Waals surface area contributed by atoms with E-state index in [1.54, 1.807) is 19.3 Å². The molecule has 2 fully saturated rings. The largest absolute Gasteiger partial charge is 0.448 e. The van der Waals surface area contributed by atoms with Crippen molar-refractivity contribution in [2.75, 3.05) is 13.1 Å². The number of aryl methyl sites for hydroxylation is 1. The van der Waals surface area contributed by atoms with E-state index in [4.69, 9.17) is 4.42 Å². The molecule has 4 rings (SSSR count). The molecular formula is C18H22N4O2. The maximum atomic E-state index is 12.6. The average molecular weight is 326 g/mol. The van der Waals surface area contributed by atoms with Crippen LogP contribution in [0.2, 0.25) is 0 Å². The van der Waals surface area contributed by atoms with Gasteiger partial charge in [0.05, 0.1) is 5.69 Å². The second kappa shape index (κ2) is 6.34.